The fourth-order valence-electron chi connectivity index (χ4n) is 1.53. The second kappa shape index (κ2) is 3.50. The van der Waals surface area contributed by atoms with Gasteiger partial charge in [-0.25, -0.2) is 4.79 Å². The number of hydrogen-bond acceptors (Lipinski definition) is 1. The molecule has 2 rings (SSSR count). The Labute approximate surface area is 86.3 Å². The van der Waals surface area contributed by atoms with E-state index in [-0.39, 0.29) is 11.2 Å². The highest BCUT2D eigenvalue weighted by molar-refractivity contribution is 6.19. The van der Waals surface area contributed by atoms with Crippen LogP contribution in [0.4, 0.5) is 0 Å². The topological polar surface area (TPSA) is 37.8 Å². The third-order valence-electron chi connectivity index (χ3n) is 2.24. The van der Waals surface area contributed by atoms with E-state index in [1.807, 2.05) is 31.2 Å². The van der Waals surface area contributed by atoms with Crippen molar-refractivity contribution in [2.24, 2.45) is 0 Å². The number of para-hydroxylation sites is 2. The van der Waals surface area contributed by atoms with Crippen LogP contribution in [-0.2, 0) is 0 Å². The predicted octanol–water partition coefficient (Wildman–Crippen LogP) is 2.48. The molecular weight excluding hydrogens is 200 g/mol. The largest absolute Gasteiger partial charge is 0.327 e. The maximum Gasteiger partial charge on any atom is 0.327 e. The van der Waals surface area contributed by atoms with Crippen molar-refractivity contribution < 1.29 is 0 Å². The molecule has 1 heterocycles. The number of rotatable bonds is 2. The van der Waals surface area contributed by atoms with Crippen LogP contribution < -0.4 is 5.69 Å². The van der Waals surface area contributed by atoms with Crippen LogP contribution in [0.15, 0.2) is 29.1 Å². The number of alkyl halides is 1. The molecule has 0 saturated carbocycles. The van der Waals surface area contributed by atoms with Gasteiger partial charge < -0.3 is 4.98 Å². The summed E-state index contributed by atoms with van der Waals surface area (Å²) in [6.45, 7) is 1.95. The average molecular weight is 211 g/mol. The summed E-state index contributed by atoms with van der Waals surface area (Å²) >= 11 is 6.06. The van der Waals surface area contributed by atoms with Crippen LogP contribution in [-0.4, -0.2) is 9.55 Å². The molecule has 1 aromatic carbocycles. The maximum atomic E-state index is 11.6. The van der Waals surface area contributed by atoms with Crippen molar-refractivity contribution in [3.63, 3.8) is 0 Å². The molecule has 0 aliphatic rings. The van der Waals surface area contributed by atoms with Gasteiger partial charge in [-0.2, -0.15) is 0 Å². The number of nitrogens with zero attached hydrogens (tertiary/aromatic N) is 1. The Morgan fingerprint density at radius 1 is 1.50 bits per heavy atom. The van der Waals surface area contributed by atoms with Gasteiger partial charge >= 0.3 is 5.69 Å². The smallest absolute Gasteiger partial charge is 0.305 e. The molecule has 0 fully saturated rings. The van der Waals surface area contributed by atoms with Crippen LogP contribution in [0, 0.1) is 0 Å². The second-order valence-corrected chi connectivity index (χ2v) is 3.66. The quantitative estimate of drug-likeness (QED) is 0.760. The Morgan fingerprint density at radius 2 is 2.21 bits per heavy atom. The fraction of sp³-hybridized carbons (Fsp3) is 0.300. The fourth-order valence-corrected chi connectivity index (χ4v) is 1.73. The maximum absolute atomic E-state index is 11.6. The number of H-pyrrole nitrogens is 1. The minimum Gasteiger partial charge on any atom is -0.305 e. The van der Waals surface area contributed by atoms with Crippen LogP contribution >= 0.6 is 11.6 Å². The van der Waals surface area contributed by atoms with E-state index in [4.69, 9.17) is 11.6 Å². The van der Waals surface area contributed by atoms with Gasteiger partial charge in [0.25, 0.3) is 0 Å². The van der Waals surface area contributed by atoms with Crippen molar-refractivity contribution in [3.8, 4) is 0 Å². The average Bonchev–Trinajstić information content (AvgIpc) is 2.53. The summed E-state index contributed by atoms with van der Waals surface area (Å²) in [7, 11) is 0. The molecule has 0 aliphatic heterocycles. The number of halogens is 1. The highest BCUT2D eigenvalue weighted by atomic mass is 35.5. The van der Waals surface area contributed by atoms with Crippen molar-refractivity contribution in [1.82, 2.24) is 9.55 Å². The van der Waals surface area contributed by atoms with Crippen molar-refractivity contribution in [1.29, 1.82) is 0 Å². The molecule has 0 radical (unpaired) electrons. The highest BCUT2D eigenvalue weighted by Gasteiger charge is 2.11. The van der Waals surface area contributed by atoms with Gasteiger partial charge in [0.2, 0.25) is 0 Å². The molecule has 0 aliphatic carbocycles. The van der Waals surface area contributed by atoms with Crippen LogP contribution in [0.25, 0.3) is 11.0 Å². The lowest BCUT2D eigenvalue weighted by Gasteiger charge is -2.07. The lowest BCUT2D eigenvalue weighted by molar-refractivity contribution is 0.643. The molecule has 2 aromatic rings. The Hall–Kier alpha value is -1.22. The molecule has 0 spiro atoms. The summed E-state index contributed by atoms with van der Waals surface area (Å²) in [4.78, 5) is 14.3. The van der Waals surface area contributed by atoms with Gasteiger partial charge in [-0.1, -0.05) is 30.7 Å². The number of fused-ring (bicyclic) bond motifs is 1. The number of benzene rings is 1. The van der Waals surface area contributed by atoms with Crippen LogP contribution in [0.2, 0.25) is 0 Å². The van der Waals surface area contributed by atoms with Gasteiger partial charge in [-0.3, -0.25) is 4.57 Å². The van der Waals surface area contributed by atoms with Gasteiger partial charge in [-0.15, -0.1) is 0 Å². The summed E-state index contributed by atoms with van der Waals surface area (Å²) in [5, 5.41) is 0. The summed E-state index contributed by atoms with van der Waals surface area (Å²) in [6.07, 6.45) is 0.726. The third kappa shape index (κ3) is 1.34. The van der Waals surface area contributed by atoms with E-state index in [2.05, 4.69) is 4.98 Å². The van der Waals surface area contributed by atoms with Gasteiger partial charge in [0, 0.05) is 0 Å². The van der Waals surface area contributed by atoms with Gasteiger partial charge in [0.1, 0.15) is 5.50 Å². The number of hydrogen-bond donors (Lipinski definition) is 1. The molecule has 14 heavy (non-hydrogen) atoms. The zero-order chi connectivity index (χ0) is 10.1. The molecule has 1 aromatic heterocycles. The molecule has 0 bridgehead atoms. The first-order valence-corrected chi connectivity index (χ1v) is 5.01. The van der Waals surface area contributed by atoms with E-state index in [0.29, 0.717) is 0 Å². The minimum atomic E-state index is -0.279. The Bertz CT molecular complexity index is 500. The van der Waals surface area contributed by atoms with Gasteiger partial charge in [0.15, 0.2) is 0 Å². The molecule has 1 unspecified atom stereocenters. The van der Waals surface area contributed by atoms with Crippen LogP contribution in [0.3, 0.4) is 0 Å². The van der Waals surface area contributed by atoms with Gasteiger partial charge in [-0.05, 0) is 18.6 Å². The molecular formula is C10H11ClN2O. The first kappa shape index (κ1) is 9.34. The van der Waals surface area contributed by atoms with Crippen LogP contribution in [0.1, 0.15) is 18.8 Å². The minimum absolute atomic E-state index is 0.145. The Balaban J connectivity index is 2.74. The first-order valence-electron chi connectivity index (χ1n) is 4.57. The molecule has 4 heteroatoms. The van der Waals surface area contributed by atoms with E-state index in [9.17, 15) is 4.79 Å². The van der Waals surface area contributed by atoms with Crippen molar-refractivity contribution in [2.75, 3.05) is 0 Å². The number of imidazole rings is 1. The van der Waals surface area contributed by atoms with E-state index in [1.54, 1.807) is 4.57 Å². The summed E-state index contributed by atoms with van der Waals surface area (Å²) in [5.41, 5.74) is 1.27. The normalized spacial score (nSPS) is 13.3. The molecule has 1 atom stereocenters. The van der Waals surface area contributed by atoms with E-state index in [1.165, 1.54) is 0 Å². The summed E-state index contributed by atoms with van der Waals surface area (Å²) in [5.74, 6) is 0. The van der Waals surface area contributed by atoms with E-state index in [0.717, 1.165) is 17.5 Å². The number of aromatic amines is 1. The van der Waals surface area contributed by atoms with E-state index < -0.39 is 0 Å². The van der Waals surface area contributed by atoms with Crippen LogP contribution in [0.5, 0.6) is 0 Å². The third-order valence-corrected chi connectivity index (χ3v) is 2.74. The molecule has 0 saturated heterocycles. The van der Waals surface area contributed by atoms with E-state index >= 15 is 0 Å². The summed E-state index contributed by atoms with van der Waals surface area (Å²) in [6, 6.07) is 7.54. The lowest BCUT2D eigenvalue weighted by Crippen LogP contribution is -2.18. The zero-order valence-corrected chi connectivity index (χ0v) is 8.58. The Morgan fingerprint density at radius 3 is 2.93 bits per heavy atom. The molecule has 0 amide bonds. The van der Waals surface area contributed by atoms with Crippen molar-refractivity contribution >= 4 is 22.6 Å². The first-order chi connectivity index (χ1) is 6.74. The van der Waals surface area contributed by atoms with Crippen molar-refractivity contribution in [3.05, 3.63) is 34.7 Å². The number of nitrogens with one attached hydrogen (secondary N) is 1. The second-order valence-electron chi connectivity index (χ2n) is 3.16. The standard InChI is InChI=1S/C10H11ClN2O/c1-2-9(11)13-8-6-4-3-5-7(8)12-10(13)14/h3-6,9H,2H2,1H3,(H,12,14). The van der Waals surface area contributed by atoms with Gasteiger partial charge in [0.05, 0.1) is 11.0 Å². The summed E-state index contributed by atoms with van der Waals surface area (Å²) < 4.78 is 1.58. The zero-order valence-electron chi connectivity index (χ0n) is 7.83. The highest BCUT2D eigenvalue weighted by Crippen LogP contribution is 2.19. The lowest BCUT2D eigenvalue weighted by atomic mass is 10.3. The molecule has 74 valence electrons. The SMILES string of the molecule is CCC(Cl)n1c(=O)[nH]c2ccccc21. The molecule has 1 N–H and O–H groups in total. The molecule has 3 nitrogen and oxygen atoms in total. The Kier molecular flexibility index (Phi) is 2.33. The predicted molar refractivity (Wildman–Crippen MR) is 57.7 cm³/mol. The number of aromatic nitrogens is 2. The monoisotopic (exact) mass is 210 g/mol. The van der Waals surface area contributed by atoms with Crippen molar-refractivity contribution in [2.45, 2.75) is 18.8 Å².